The van der Waals surface area contributed by atoms with E-state index < -0.39 is 11.7 Å². The van der Waals surface area contributed by atoms with Crippen LogP contribution >= 0.6 is 0 Å². The summed E-state index contributed by atoms with van der Waals surface area (Å²) in [6, 6.07) is 16.8. The smallest absolute Gasteiger partial charge is 0.381 e. The average molecular weight is 392 g/mol. The van der Waals surface area contributed by atoms with E-state index in [9.17, 15) is 13.2 Å². The van der Waals surface area contributed by atoms with Crippen LogP contribution in [0.4, 0.5) is 13.2 Å². The SMILES string of the molecule is FC(F)(F)c1ccccc1-c1cccc(C=C2CC=CNC2c2cccnc2)c1. The second-order valence-electron chi connectivity index (χ2n) is 6.88. The molecule has 0 saturated carbocycles. The van der Waals surface area contributed by atoms with Gasteiger partial charge in [-0.05, 0) is 58.6 Å². The molecule has 0 amide bonds. The van der Waals surface area contributed by atoms with Crippen LogP contribution < -0.4 is 5.32 Å². The predicted molar refractivity (Wildman–Crippen MR) is 109 cm³/mol. The molecule has 0 bridgehead atoms. The Bertz CT molecular complexity index is 1050. The van der Waals surface area contributed by atoms with Crippen LogP contribution in [0.15, 0.2) is 90.9 Å². The first-order valence-corrected chi connectivity index (χ1v) is 9.30. The van der Waals surface area contributed by atoms with Crippen LogP contribution in [0.5, 0.6) is 0 Å². The summed E-state index contributed by atoms with van der Waals surface area (Å²) in [6.07, 6.45) is 5.90. The van der Waals surface area contributed by atoms with Gasteiger partial charge in [-0.3, -0.25) is 4.98 Å². The molecule has 0 spiro atoms. The molecule has 1 N–H and O–H groups in total. The summed E-state index contributed by atoms with van der Waals surface area (Å²) in [5.74, 6) is 0. The average Bonchev–Trinajstić information content (AvgIpc) is 2.74. The maximum absolute atomic E-state index is 13.4. The van der Waals surface area contributed by atoms with Crippen LogP contribution in [-0.4, -0.2) is 4.98 Å². The highest BCUT2D eigenvalue weighted by atomic mass is 19.4. The van der Waals surface area contributed by atoms with Gasteiger partial charge in [0.1, 0.15) is 0 Å². The third-order valence-electron chi connectivity index (χ3n) is 4.90. The number of hydrogen-bond acceptors (Lipinski definition) is 2. The Morgan fingerprint density at radius 3 is 2.66 bits per heavy atom. The van der Waals surface area contributed by atoms with E-state index >= 15 is 0 Å². The van der Waals surface area contributed by atoms with E-state index in [0.29, 0.717) is 5.56 Å². The Labute approximate surface area is 167 Å². The van der Waals surface area contributed by atoms with Crippen molar-refractivity contribution in [3.63, 3.8) is 0 Å². The number of nitrogens with zero attached hydrogens (tertiary/aromatic N) is 1. The lowest BCUT2D eigenvalue weighted by Crippen LogP contribution is -2.20. The van der Waals surface area contributed by atoms with Gasteiger partial charge in [-0.2, -0.15) is 13.2 Å². The molecule has 1 unspecified atom stereocenters. The van der Waals surface area contributed by atoms with Gasteiger partial charge in [0.25, 0.3) is 0 Å². The van der Waals surface area contributed by atoms with E-state index in [1.807, 2.05) is 42.7 Å². The van der Waals surface area contributed by atoms with Crippen LogP contribution in [-0.2, 0) is 6.18 Å². The summed E-state index contributed by atoms with van der Waals surface area (Å²) in [7, 11) is 0. The van der Waals surface area contributed by atoms with Gasteiger partial charge in [-0.15, -0.1) is 0 Å². The minimum absolute atomic E-state index is 0.0141. The van der Waals surface area contributed by atoms with E-state index in [-0.39, 0.29) is 11.6 Å². The molecule has 146 valence electrons. The summed E-state index contributed by atoms with van der Waals surface area (Å²) < 4.78 is 40.2. The number of alkyl halides is 3. The van der Waals surface area contributed by atoms with Crippen LogP contribution in [0.1, 0.15) is 29.2 Å². The molecule has 2 aromatic carbocycles. The molecule has 4 rings (SSSR count). The summed E-state index contributed by atoms with van der Waals surface area (Å²) in [5, 5.41) is 3.34. The molecular formula is C24H19F3N2. The molecule has 1 aliphatic rings. The highest BCUT2D eigenvalue weighted by Gasteiger charge is 2.33. The Hall–Kier alpha value is -3.34. The fourth-order valence-electron chi connectivity index (χ4n) is 3.58. The number of benzene rings is 2. The van der Waals surface area contributed by atoms with Crippen molar-refractivity contribution in [2.75, 3.05) is 0 Å². The molecule has 1 aliphatic heterocycles. The quantitative estimate of drug-likeness (QED) is 0.558. The normalized spacial score (nSPS) is 17.9. The largest absolute Gasteiger partial charge is 0.417 e. The van der Waals surface area contributed by atoms with Crippen LogP contribution in [0.3, 0.4) is 0 Å². The minimum Gasteiger partial charge on any atom is -0.381 e. The molecule has 1 aromatic heterocycles. The maximum Gasteiger partial charge on any atom is 0.417 e. The predicted octanol–water partition coefficient (Wildman–Crippen LogP) is 6.40. The van der Waals surface area contributed by atoms with Crippen molar-refractivity contribution < 1.29 is 13.2 Å². The molecule has 3 aromatic rings. The molecule has 0 fully saturated rings. The van der Waals surface area contributed by atoms with Crippen molar-refractivity contribution >= 4 is 6.08 Å². The van der Waals surface area contributed by atoms with E-state index in [1.54, 1.807) is 30.5 Å². The number of halogens is 3. The van der Waals surface area contributed by atoms with Gasteiger partial charge in [0.15, 0.2) is 0 Å². The standard InChI is InChI=1S/C24H19F3N2/c25-24(26,27)22-11-2-1-10-21(22)18-7-3-6-17(14-18)15-19-8-5-13-29-23(19)20-9-4-12-28-16-20/h1-7,9-16,23,29H,8H2. The number of pyridine rings is 1. The van der Waals surface area contributed by atoms with Crippen LogP contribution in [0, 0.1) is 0 Å². The topological polar surface area (TPSA) is 24.9 Å². The van der Waals surface area contributed by atoms with Crippen molar-refractivity contribution in [2.24, 2.45) is 0 Å². The fourth-order valence-corrected chi connectivity index (χ4v) is 3.58. The third-order valence-corrected chi connectivity index (χ3v) is 4.90. The van der Waals surface area contributed by atoms with Gasteiger partial charge in [0, 0.05) is 12.4 Å². The van der Waals surface area contributed by atoms with Crippen molar-refractivity contribution in [2.45, 2.75) is 18.6 Å². The summed E-state index contributed by atoms with van der Waals surface area (Å²) >= 11 is 0. The molecule has 5 heteroatoms. The number of allylic oxidation sites excluding steroid dienone is 1. The van der Waals surface area contributed by atoms with Crippen molar-refractivity contribution in [3.8, 4) is 11.1 Å². The van der Waals surface area contributed by atoms with Gasteiger partial charge >= 0.3 is 6.18 Å². The first-order chi connectivity index (χ1) is 14.0. The Morgan fingerprint density at radius 2 is 1.86 bits per heavy atom. The van der Waals surface area contributed by atoms with Gasteiger partial charge in [-0.1, -0.05) is 54.6 Å². The van der Waals surface area contributed by atoms with Gasteiger partial charge < -0.3 is 5.32 Å². The van der Waals surface area contributed by atoms with Crippen molar-refractivity contribution in [3.05, 3.63) is 108 Å². The summed E-state index contributed by atoms with van der Waals surface area (Å²) in [6.45, 7) is 0. The van der Waals surface area contributed by atoms with Gasteiger partial charge in [0.2, 0.25) is 0 Å². The number of aromatic nitrogens is 1. The summed E-state index contributed by atoms with van der Waals surface area (Å²) in [4.78, 5) is 4.19. The zero-order chi connectivity index (χ0) is 20.3. The second kappa shape index (κ2) is 7.95. The first kappa shape index (κ1) is 19.0. The number of nitrogens with one attached hydrogen (secondary N) is 1. The lowest BCUT2D eigenvalue weighted by molar-refractivity contribution is -0.137. The Balaban J connectivity index is 1.72. The van der Waals surface area contributed by atoms with Crippen molar-refractivity contribution in [1.29, 1.82) is 0 Å². The van der Waals surface area contributed by atoms with Crippen LogP contribution in [0.2, 0.25) is 0 Å². The number of rotatable bonds is 3. The van der Waals surface area contributed by atoms with Gasteiger partial charge in [0.05, 0.1) is 11.6 Å². The lowest BCUT2D eigenvalue weighted by Gasteiger charge is -2.24. The van der Waals surface area contributed by atoms with E-state index in [4.69, 9.17) is 0 Å². The first-order valence-electron chi connectivity index (χ1n) is 9.30. The Morgan fingerprint density at radius 1 is 1.00 bits per heavy atom. The van der Waals surface area contributed by atoms with Crippen LogP contribution in [0.25, 0.3) is 17.2 Å². The molecule has 29 heavy (non-hydrogen) atoms. The maximum atomic E-state index is 13.4. The highest BCUT2D eigenvalue weighted by Crippen LogP contribution is 2.37. The minimum atomic E-state index is -4.39. The number of hydrogen-bond donors (Lipinski definition) is 1. The third kappa shape index (κ3) is 4.24. The molecule has 0 radical (unpaired) electrons. The molecule has 1 atom stereocenters. The zero-order valence-corrected chi connectivity index (χ0v) is 15.5. The van der Waals surface area contributed by atoms with E-state index in [0.717, 1.165) is 29.2 Å². The zero-order valence-electron chi connectivity index (χ0n) is 15.5. The second-order valence-corrected chi connectivity index (χ2v) is 6.88. The highest BCUT2D eigenvalue weighted by molar-refractivity contribution is 5.71. The van der Waals surface area contributed by atoms with E-state index in [2.05, 4.69) is 10.3 Å². The Kier molecular flexibility index (Phi) is 5.21. The molecule has 2 nitrogen and oxygen atoms in total. The molecule has 2 heterocycles. The van der Waals surface area contributed by atoms with Crippen molar-refractivity contribution in [1.82, 2.24) is 10.3 Å². The molecule has 0 aliphatic carbocycles. The molecule has 0 saturated heterocycles. The fraction of sp³-hybridized carbons (Fsp3) is 0.125. The lowest BCUT2D eigenvalue weighted by atomic mass is 9.92. The molecular weight excluding hydrogens is 373 g/mol. The van der Waals surface area contributed by atoms with Gasteiger partial charge in [-0.25, -0.2) is 0 Å². The summed E-state index contributed by atoms with van der Waals surface area (Å²) in [5.41, 5.74) is 3.14. The van der Waals surface area contributed by atoms with E-state index in [1.165, 1.54) is 12.1 Å². The monoisotopic (exact) mass is 392 g/mol.